The summed E-state index contributed by atoms with van der Waals surface area (Å²) in [5.41, 5.74) is 3.44. The van der Waals surface area contributed by atoms with Gasteiger partial charge in [-0.1, -0.05) is 35.5 Å². The monoisotopic (exact) mass is 406 g/mol. The Hall–Kier alpha value is -2.77. The van der Waals surface area contributed by atoms with E-state index in [2.05, 4.69) is 27.6 Å². The average Bonchev–Trinajstić information content (AvgIpc) is 3.40. The van der Waals surface area contributed by atoms with Crippen molar-refractivity contribution in [2.45, 2.75) is 44.8 Å². The number of rotatable bonds is 6. The lowest BCUT2D eigenvalue weighted by Crippen LogP contribution is -2.34. The van der Waals surface area contributed by atoms with Crippen molar-refractivity contribution in [3.05, 3.63) is 81.0 Å². The van der Waals surface area contributed by atoms with Gasteiger partial charge in [-0.3, -0.25) is 9.36 Å². The van der Waals surface area contributed by atoms with Crippen LogP contribution in [0.15, 0.2) is 58.3 Å². The molecule has 1 N–H and O–H groups in total. The Morgan fingerprint density at radius 3 is 2.97 bits per heavy atom. The summed E-state index contributed by atoms with van der Waals surface area (Å²) in [6, 6.07) is 12.5. The molecule has 0 fully saturated rings. The highest BCUT2D eigenvalue weighted by Crippen LogP contribution is 2.33. The largest absolute Gasteiger partial charge is 0.364 e. The number of thiophene rings is 1. The maximum Gasteiger partial charge on any atom is 0.262 e. The van der Waals surface area contributed by atoms with Crippen LogP contribution < -0.4 is 10.9 Å². The minimum Gasteiger partial charge on any atom is -0.364 e. The molecule has 6 nitrogen and oxygen atoms in total. The van der Waals surface area contributed by atoms with Crippen LogP contribution in [0.2, 0.25) is 0 Å². The third kappa shape index (κ3) is 3.75. The van der Waals surface area contributed by atoms with Crippen molar-refractivity contribution in [3.8, 4) is 0 Å². The van der Waals surface area contributed by atoms with Crippen LogP contribution in [0.3, 0.4) is 0 Å². The summed E-state index contributed by atoms with van der Waals surface area (Å²) >= 11 is 1.67. The van der Waals surface area contributed by atoms with E-state index in [-0.39, 0.29) is 5.56 Å². The first kappa shape index (κ1) is 18.3. The molecule has 0 saturated carbocycles. The number of hydrogen-bond donors (Lipinski definition) is 1. The Labute approximate surface area is 172 Å². The zero-order valence-electron chi connectivity index (χ0n) is 16.0. The summed E-state index contributed by atoms with van der Waals surface area (Å²) in [5.74, 6) is 0. The number of benzene rings is 1. The predicted molar refractivity (Wildman–Crippen MR) is 113 cm³/mol. The van der Waals surface area contributed by atoms with Crippen molar-refractivity contribution in [2.75, 3.05) is 0 Å². The molecular formula is C22H22N4O2S. The second-order valence-corrected chi connectivity index (χ2v) is 8.56. The van der Waals surface area contributed by atoms with Crippen molar-refractivity contribution in [3.63, 3.8) is 0 Å². The lowest BCUT2D eigenvalue weighted by molar-refractivity contribution is 0.399. The molecule has 1 aliphatic rings. The molecule has 0 radical (unpaired) electrons. The van der Waals surface area contributed by atoms with Crippen LogP contribution in [0.1, 0.15) is 28.1 Å². The van der Waals surface area contributed by atoms with Gasteiger partial charge < -0.3 is 9.84 Å². The lowest BCUT2D eigenvalue weighted by atomic mass is 9.93. The zero-order valence-corrected chi connectivity index (χ0v) is 16.8. The van der Waals surface area contributed by atoms with Crippen molar-refractivity contribution >= 4 is 21.6 Å². The third-order valence-electron chi connectivity index (χ3n) is 5.58. The second-order valence-electron chi connectivity index (χ2n) is 7.47. The number of nitrogens with zero attached hydrogens (tertiary/aromatic N) is 3. The van der Waals surface area contributed by atoms with Gasteiger partial charge in [-0.05, 0) is 36.8 Å². The van der Waals surface area contributed by atoms with Crippen molar-refractivity contribution < 1.29 is 4.52 Å². The number of hydrogen-bond acceptors (Lipinski definition) is 6. The zero-order chi connectivity index (χ0) is 19.6. The van der Waals surface area contributed by atoms with Gasteiger partial charge in [0, 0.05) is 30.1 Å². The van der Waals surface area contributed by atoms with Gasteiger partial charge in [-0.25, -0.2) is 4.98 Å². The maximum atomic E-state index is 13.1. The van der Waals surface area contributed by atoms with Gasteiger partial charge in [0.15, 0.2) is 0 Å². The van der Waals surface area contributed by atoms with E-state index in [0.717, 1.165) is 41.6 Å². The summed E-state index contributed by atoms with van der Waals surface area (Å²) in [5, 5.41) is 8.33. The van der Waals surface area contributed by atoms with Crippen LogP contribution >= 0.6 is 11.3 Å². The first-order valence-corrected chi connectivity index (χ1v) is 10.8. The lowest BCUT2D eigenvalue weighted by Gasteiger charge is -2.23. The Balaban J connectivity index is 1.34. The SMILES string of the molecule is O=c1c2c3c(sc2ncn1CCc1ccccc1)CC(NCc1ccon1)CC3. The van der Waals surface area contributed by atoms with Crippen LogP contribution in [0.5, 0.6) is 0 Å². The van der Waals surface area contributed by atoms with Gasteiger partial charge in [0.25, 0.3) is 5.56 Å². The average molecular weight is 407 g/mol. The van der Waals surface area contributed by atoms with Crippen LogP contribution in [-0.4, -0.2) is 20.7 Å². The molecule has 0 saturated heterocycles. The van der Waals surface area contributed by atoms with E-state index in [1.807, 2.05) is 24.3 Å². The molecule has 0 amide bonds. The molecule has 0 aliphatic heterocycles. The van der Waals surface area contributed by atoms with E-state index in [9.17, 15) is 4.79 Å². The minimum absolute atomic E-state index is 0.0948. The first-order chi connectivity index (χ1) is 14.3. The third-order valence-corrected chi connectivity index (χ3v) is 6.75. The Morgan fingerprint density at radius 2 is 2.14 bits per heavy atom. The highest BCUT2D eigenvalue weighted by atomic mass is 32.1. The van der Waals surface area contributed by atoms with Gasteiger partial charge in [-0.2, -0.15) is 0 Å². The number of fused-ring (bicyclic) bond motifs is 3. The van der Waals surface area contributed by atoms with Crippen LogP contribution in [-0.2, 0) is 32.4 Å². The number of aromatic nitrogens is 3. The summed E-state index contributed by atoms with van der Waals surface area (Å²) in [4.78, 5) is 19.9. The summed E-state index contributed by atoms with van der Waals surface area (Å²) in [6.07, 6.45) is 6.97. The fraction of sp³-hybridized carbons (Fsp3) is 0.318. The molecular weight excluding hydrogens is 384 g/mol. The number of nitrogens with one attached hydrogen (secondary N) is 1. The van der Waals surface area contributed by atoms with Gasteiger partial charge in [0.05, 0.1) is 17.4 Å². The van der Waals surface area contributed by atoms with Gasteiger partial charge in [0.1, 0.15) is 11.1 Å². The standard InChI is InChI=1S/C22H22N4O2S/c27-22-20-18-7-6-16(23-13-17-9-11-28-25-17)12-19(18)29-21(20)24-14-26(22)10-8-15-4-2-1-3-5-15/h1-5,9,11,14,16,23H,6-8,10,12-13H2. The highest BCUT2D eigenvalue weighted by molar-refractivity contribution is 7.18. The molecule has 0 spiro atoms. The molecule has 4 aromatic rings. The number of aryl methyl sites for hydroxylation is 3. The van der Waals surface area contributed by atoms with Crippen molar-refractivity contribution in [2.24, 2.45) is 0 Å². The molecule has 3 heterocycles. The van der Waals surface area contributed by atoms with Crippen molar-refractivity contribution in [1.29, 1.82) is 0 Å². The second kappa shape index (κ2) is 7.93. The van der Waals surface area contributed by atoms with Gasteiger partial charge in [-0.15, -0.1) is 11.3 Å². The van der Waals surface area contributed by atoms with E-state index < -0.39 is 0 Å². The van der Waals surface area contributed by atoms with Crippen LogP contribution in [0.4, 0.5) is 0 Å². The molecule has 0 bridgehead atoms. The molecule has 1 atom stereocenters. The summed E-state index contributed by atoms with van der Waals surface area (Å²) in [7, 11) is 0. The highest BCUT2D eigenvalue weighted by Gasteiger charge is 2.25. The molecule has 29 heavy (non-hydrogen) atoms. The smallest absolute Gasteiger partial charge is 0.262 e. The maximum absolute atomic E-state index is 13.1. The normalized spacial score (nSPS) is 16.2. The molecule has 7 heteroatoms. The molecule has 1 aromatic carbocycles. The molecule has 3 aromatic heterocycles. The predicted octanol–water partition coefficient (Wildman–Crippen LogP) is 3.34. The topological polar surface area (TPSA) is 73.0 Å². The van der Waals surface area contributed by atoms with Crippen molar-refractivity contribution in [1.82, 2.24) is 20.0 Å². The van der Waals surface area contributed by atoms with Crippen LogP contribution in [0.25, 0.3) is 10.2 Å². The minimum atomic E-state index is 0.0948. The Kier molecular flexibility index (Phi) is 4.99. The van der Waals surface area contributed by atoms with E-state index in [1.165, 1.54) is 16.0 Å². The first-order valence-electron chi connectivity index (χ1n) is 9.94. The Morgan fingerprint density at radius 1 is 1.24 bits per heavy atom. The molecule has 5 rings (SSSR count). The quantitative estimate of drug-likeness (QED) is 0.532. The van der Waals surface area contributed by atoms with Gasteiger partial charge in [0.2, 0.25) is 0 Å². The fourth-order valence-electron chi connectivity index (χ4n) is 4.01. The van der Waals surface area contributed by atoms with Crippen LogP contribution in [0, 0.1) is 0 Å². The fourth-order valence-corrected chi connectivity index (χ4v) is 5.26. The van der Waals surface area contributed by atoms with E-state index in [4.69, 9.17) is 4.52 Å². The van der Waals surface area contributed by atoms with E-state index in [1.54, 1.807) is 28.5 Å². The molecule has 1 aliphatic carbocycles. The summed E-state index contributed by atoms with van der Waals surface area (Å²) < 4.78 is 6.65. The molecule has 1 unspecified atom stereocenters. The summed E-state index contributed by atoms with van der Waals surface area (Å²) in [6.45, 7) is 1.35. The Bertz CT molecular complexity index is 1160. The molecule has 148 valence electrons. The van der Waals surface area contributed by atoms with E-state index in [0.29, 0.717) is 19.1 Å². The van der Waals surface area contributed by atoms with E-state index >= 15 is 0 Å². The van der Waals surface area contributed by atoms with Gasteiger partial charge >= 0.3 is 0 Å².